The molecule has 1 saturated heterocycles. The van der Waals surface area contributed by atoms with E-state index in [4.69, 9.17) is 8.94 Å². The molecule has 0 aliphatic carbocycles. The van der Waals surface area contributed by atoms with Gasteiger partial charge in [0.2, 0.25) is 29.4 Å². The Kier molecular flexibility index (Phi) is 4.40. The Hall–Kier alpha value is -3.50. The van der Waals surface area contributed by atoms with Crippen molar-refractivity contribution in [2.75, 3.05) is 24.5 Å². The van der Waals surface area contributed by atoms with E-state index in [0.717, 1.165) is 5.76 Å². The van der Waals surface area contributed by atoms with E-state index >= 15 is 0 Å². The molecule has 0 radical (unpaired) electrons. The van der Waals surface area contributed by atoms with Crippen molar-refractivity contribution in [3.63, 3.8) is 0 Å². The van der Waals surface area contributed by atoms with E-state index in [0.29, 0.717) is 30.7 Å². The summed E-state index contributed by atoms with van der Waals surface area (Å²) in [7, 11) is 0. The number of aromatic amines is 1. The van der Waals surface area contributed by atoms with Gasteiger partial charge in [0.15, 0.2) is 5.82 Å². The third kappa shape index (κ3) is 3.57. The van der Waals surface area contributed by atoms with Crippen LogP contribution in [0.5, 0.6) is 0 Å². The lowest BCUT2D eigenvalue weighted by atomic mass is 10.2. The summed E-state index contributed by atoms with van der Waals surface area (Å²) in [5, 5.41) is 10.1. The number of aromatic nitrogens is 5. The Morgan fingerprint density at radius 1 is 1.33 bits per heavy atom. The first-order valence-electron chi connectivity index (χ1n) is 8.43. The molecular formula is C16H17N7O4. The van der Waals surface area contributed by atoms with Gasteiger partial charge in [-0.15, -0.1) is 0 Å². The highest BCUT2D eigenvalue weighted by molar-refractivity contribution is 5.96. The van der Waals surface area contributed by atoms with Crippen LogP contribution in [0, 0.1) is 6.92 Å². The summed E-state index contributed by atoms with van der Waals surface area (Å²) in [6, 6.07) is 3.56. The molecule has 0 saturated carbocycles. The monoisotopic (exact) mass is 371 g/mol. The molecule has 4 rings (SSSR count). The average Bonchev–Trinajstić information content (AvgIpc) is 3.41. The lowest BCUT2D eigenvalue weighted by Crippen LogP contribution is -2.52. The zero-order valence-electron chi connectivity index (χ0n) is 14.6. The van der Waals surface area contributed by atoms with Crippen molar-refractivity contribution in [1.82, 2.24) is 30.2 Å². The van der Waals surface area contributed by atoms with Gasteiger partial charge in [0.1, 0.15) is 18.6 Å². The molecule has 3 aromatic heterocycles. The smallest absolute Gasteiger partial charge is 0.248 e. The van der Waals surface area contributed by atoms with Crippen LogP contribution < -0.4 is 4.90 Å². The highest BCUT2D eigenvalue weighted by Gasteiger charge is 2.29. The number of furan rings is 1. The summed E-state index contributed by atoms with van der Waals surface area (Å²) in [5.41, 5.74) is 0. The number of H-pyrrole nitrogens is 1. The van der Waals surface area contributed by atoms with E-state index in [-0.39, 0.29) is 37.0 Å². The molecular weight excluding hydrogens is 354 g/mol. The Bertz CT molecular complexity index is 946. The number of piperazine rings is 1. The molecule has 11 nitrogen and oxygen atoms in total. The van der Waals surface area contributed by atoms with Gasteiger partial charge in [-0.1, -0.05) is 5.16 Å². The van der Waals surface area contributed by atoms with Gasteiger partial charge in [-0.05, 0) is 13.0 Å². The lowest BCUT2D eigenvalue weighted by molar-refractivity contribution is -0.137. The van der Waals surface area contributed by atoms with Crippen molar-refractivity contribution in [2.24, 2.45) is 0 Å². The second kappa shape index (κ2) is 7.02. The van der Waals surface area contributed by atoms with Crippen molar-refractivity contribution in [3.8, 4) is 11.6 Å². The Morgan fingerprint density at radius 2 is 2.22 bits per heavy atom. The zero-order chi connectivity index (χ0) is 18.8. The molecule has 1 aliphatic heterocycles. The number of hydrogen-bond donors (Lipinski definition) is 1. The molecule has 3 aromatic rings. The summed E-state index contributed by atoms with van der Waals surface area (Å²) < 4.78 is 10.6. The summed E-state index contributed by atoms with van der Waals surface area (Å²) in [4.78, 5) is 35.9. The van der Waals surface area contributed by atoms with Crippen molar-refractivity contribution in [3.05, 3.63) is 30.1 Å². The van der Waals surface area contributed by atoms with Gasteiger partial charge in [-0.2, -0.15) is 10.1 Å². The molecule has 140 valence electrons. The first-order valence-corrected chi connectivity index (χ1v) is 8.43. The van der Waals surface area contributed by atoms with E-state index < -0.39 is 0 Å². The predicted octanol–water partition coefficient (Wildman–Crippen LogP) is 0.564. The second-order valence-electron chi connectivity index (χ2n) is 6.09. The molecule has 1 fully saturated rings. The van der Waals surface area contributed by atoms with Gasteiger partial charge in [0.25, 0.3) is 0 Å². The van der Waals surface area contributed by atoms with Gasteiger partial charge < -0.3 is 13.8 Å². The van der Waals surface area contributed by atoms with Gasteiger partial charge in [-0.25, -0.2) is 4.98 Å². The molecule has 4 heterocycles. The predicted molar refractivity (Wildman–Crippen MR) is 90.4 cm³/mol. The maximum absolute atomic E-state index is 12.4. The van der Waals surface area contributed by atoms with Crippen LogP contribution in [0.3, 0.4) is 0 Å². The van der Waals surface area contributed by atoms with Crippen LogP contribution in [0.1, 0.15) is 18.1 Å². The van der Waals surface area contributed by atoms with E-state index in [1.165, 1.54) is 11.2 Å². The third-order valence-electron chi connectivity index (χ3n) is 4.21. The summed E-state index contributed by atoms with van der Waals surface area (Å²) in [6.45, 7) is 2.68. The molecule has 2 amide bonds. The molecule has 1 N–H and O–H groups in total. The van der Waals surface area contributed by atoms with Crippen molar-refractivity contribution in [2.45, 2.75) is 19.8 Å². The zero-order valence-corrected chi connectivity index (χ0v) is 14.6. The number of rotatable bonds is 5. The highest BCUT2D eigenvalue weighted by atomic mass is 16.5. The Morgan fingerprint density at radius 3 is 2.93 bits per heavy atom. The van der Waals surface area contributed by atoms with E-state index in [1.807, 2.05) is 6.92 Å². The van der Waals surface area contributed by atoms with Crippen LogP contribution in [0.25, 0.3) is 11.6 Å². The van der Waals surface area contributed by atoms with Crippen LogP contribution in [0.4, 0.5) is 5.88 Å². The number of aryl methyl sites for hydroxylation is 2. The third-order valence-corrected chi connectivity index (χ3v) is 4.21. The molecule has 0 atom stereocenters. The molecule has 0 bridgehead atoms. The average molecular weight is 371 g/mol. The van der Waals surface area contributed by atoms with Crippen molar-refractivity contribution < 1.29 is 18.5 Å². The minimum absolute atomic E-state index is 0.0196. The summed E-state index contributed by atoms with van der Waals surface area (Å²) in [5.74, 6) is 1.94. The largest absolute Gasteiger partial charge is 0.445 e. The van der Waals surface area contributed by atoms with Gasteiger partial charge >= 0.3 is 0 Å². The number of carbonyl (C=O) groups excluding carboxylic acids is 2. The maximum Gasteiger partial charge on any atom is 0.248 e. The SMILES string of the molecule is Cc1ccc(N2CCN(C(=O)CCc3nc(-c4ncn[nH]4)no3)CC2=O)o1. The maximum atomic E-state index is 12.4. The second-order valence-corrected chi connectivity index (χ2v) is 6.09. The van der Waals surface area contributed by atoms with Gasteiger partial charge in [0, 0.05) is 32.0 Å². The normalized spacial score (nSPS) is 14.8. The Balaban J connectivity index is 1.31. The lowest BCUT2D eigenvalue weighted by Gasteiger charge is -2.32. The van der Waals surface area contributed by atoms with Crippen LogP contribution in [0.2, 0.25) is 0 Å². The first kappa shape index (κ1) is 16.9. The van der Waals surface area contributed by atoms with E-state index in [1.54, 1.807) is 17.0 Å². The fraction of sp³-hybridized carbons (Fsp3) is 0.375. The number of carbonyl (C=O) groups is 2. The minimum atomic E-state index is -0.172. The summed E-state index contributed by atoms with van der Waals surface area (Å²) in [6.07, 6.45) is 1.80. The van der Waals surface area contributed by atoms with E-state index in [2.05, 4.69) is 25.3 Å². The van der Waals surface area contributed by atoms with Crippen molar-refractivity contribution in [1.29, 1.82) is 0 Å². The quantitative estimate of drug-likeness (QED) is 0.688. The topological polar surface area (TPSA) is 134 Å². The molecule has 1 aliphatic rings. The van der Waals surface area contributed by atoms with Crippen LogP contribution in [-0.2, 0) is 16.0 Å². The fourth-order valence-corrected chi connectivity index (χ4v) is 2.82. The molecule has 0 unspecified atom stereocenters. The highest BCUT2D eigenvalue weighted by Crippen LogP contribution is 2.20. The number of nitrogens with zero attached hydrogens (tertiary/aromatic N) is 6. The number of hydrogen-bond acceptors (Lipinski definition) is 8. The molecule has 11 heteroatoms. The standard InChI is InChI=1S/C16H17N7O4/c1-10-2-5-14(26-10)23-7-6-22(8-13(23)25)12(24)4-3-11-19-16(21-27-11)15-17-9-18-20-15/h2,5,9H,3-4,6-8H2,1H3,(H,17,18,20). The minimum Gasteiger partial charge on any atom is -0.445 e. The van der Waals surface area contributed by atoms with Gasteiger partial charge in [0.05, 0.1) is 0 Å². The fourth-order valence-electron chi connectivity index (χ4n) is 2.82. The Labute approximate surface area is 153 Å². The molecule has 0 aromatic carbocycles. The number of amides is 2. The summed E-state index contributed by atoms with van der Waals surface area (Å²) >= 11 is 0. The van der Waals surface area contributed by atoms with Crippen molar-refractivity contribution >= 4 is 17.7 Å². The molecule has 0 spiro atoms. The molecule has 27 heavy (non-hydrogen) atoms. The van der Waals surface area contributed by atoms with Gasteiger partial charge in [-0.3, -0.25) is 19.6 Å². The van der Waals surface area contributed by atoms with Crippen LogP contribution in [-0.4, -0.2) is 61.7 Å². The first-order chi connectivity index (χ1) is 13.1. The van der Waals surface area contributed by atoms with Crippen LogP contribution in [0.15, 0.2) is 27.4 Å². The van der Waals surface area contributed by atoms with Crippen LogP contribution >= 0.6 is 0 Å². The number of anilines is 1. The number of nitrogens with one attached hydrogen (secondary N) is 1. The van der Waals surface area contributed by atoms with E-state index in [9.17, 15) is 9.59 Å².